The number of hydrogen-bond donors (Lipinski definition) is 3. The maximum Gasteiger partial charge on any atom is 0.142 e. The minimum absolute atomic E-state index is 0.264. The van der Waals surface area contributed by atoms with Gasteiger partial charge in [0.05, 0.1) is 19.3 Å². The molecule has 0 aromatic heterocycles. The highest BCUT2D eigenvalue weighted by Crippen LogP contribution is 2.30. The van der Waals surface area contributed by atoms with Gasteiger partial charge >= 0.3 is 0 Å². The standard InChI is InChI=1S/C15H15I2NO2/c16-11-7-10(8-12(17)15(11)20)14(18)13(19)6-9-4-2-1-3-5-9/h1-5,7-8,13-14,19-20H,6,18H2/t13-,14+/m1/s1. The molecule has 0 saturated heterocycles. The summed E-state index contributed by atoms with van der Waals surface area (Å²) in [6.45, 7) is 0. The number of benzene rings is 2. The van der Waals surface area contributed by atoms with Crippen LogP contribution in [0, 0.1) is 7.14 Å². The number of phenolic OH excluding ortho intramolecular Hbond substituents is 1. The van der Waals surface area contributed by atoms with Gasteiger partial charge < -0.3 is 15.9 Å². The molecular weight excluding hydrogens is 480 g/mol. The Hall–Kier alpha value is -0.380. The summed E-state index contributed by atoms with van der Waals surface area (Å²) in [7, 11) is 0. The summed E-state index contributed by atoms with van der Waals surface area (Å²) in [5, 5.41) is 20.1. The highest BCUT2D eigenvalue weighted by molar-refractivity contribution is 14.1. The predicted octanol–water partition coefficient (Wildman–Crippen LogP) is 3.20. The average molecular weight is 495 g/mol. The van der Waals surface area contributed by atoms with E-state index in [4.69, 9.17) is 5.73 Å². The van der Waals surface area contributed by atoms with E-state index in [-0.39, 0.29) is 5.75 Å². The Morgan fingerprint density at radius 3 is 2.15 bits per heavy atom. The molecule has 0 spiro atoms. The Morgan fingerprint density at radius 1 is 1.05 bits per heavy atom. The summed E-state index contributed by atoms with van der Waals surface area (Å²) in [6, 6.07) is 12.9. The maximum absolute atomic E-state index is 10.3. The number of nitrogens with two attached hydrogens (primary N) is 1. The van der Waals surface area contributed by atoms with Crippen molar-refractivity contribution in [2.24, 2.45) is 5.73 Å². The van der Waals surface area contributed by atoms with Crippen LogP contribution in [0.5, 0.6) is 5.75 Å². The van der Waals surface area contributed by atoms with Crippen LogP contribution in [0.4, 0.5) is 0 Å². The van der Waals surface area contributed by atoms with Crippen molar-refractivity contribution in [3.05, 3.63) is 60.7 Å². The molecule has 0 radical (unpaired) electrons. The summed E-state index contributed by atoms with van der Waals surface area (Å²) >= 11 is 4.13. The first kappa shape index (κ1) is 16.0. The van der Waals surface area contributed by atoms with Gasteiger partial charge in [-0.1, -0.05) is 30.3 Å². The SMILES string of the molecule is N[C@@H](c1cc(I)c(O)c(I)c1)[C@H](O)Cc1ccccc1. The number of hydrogen-bond acceptors (Lipinski definition) is 3. The molecule has 0 saturated carbocycles. The second-order valence-electron chi connectivity index (χ2n) is 4.62. The van der Waals surface area contributed by atoms with E-state index in [0.29, 0.717) is 6.42 Å². The van der Waals surface area contributed by atoms with Crippen molar-refractivity contribution in [3.8, 4) is 5.75 Å². The highest BCUT2D eigenvalue weighted by Gasteiger charge is 2.19. The van der Waals surface area contributed by atoms with E-state index in [2.05, 4.69) is 45.2 Å². The van der Waals surface area contributed by atoms with E-state index in [1.54, 1.807) is 0 Å². The van der Waals surface area contributed by atoms with Crippen LogP contribution in [0.3, 0.4) is 0 Å². The smallest absolute Gasteiger partial charge is 0.142 e. The lowest BCUT2D eigenvalue weighted by Crippen LogP contribution is -2.28. The van der Waals surface area contributed by atoms with Gasteiger partial charge in [0, 0.05) is 6.42 Å². The van der Waals surface area contributed by atoms with Gasteiger partial charge in [-0.2, -0.15) is 0 Å². The van der Waals surface area contributed by atoms with Gasteiger partial charge in [0.15, 0.2) is 0 Å². The maximum atomic E-state index is 10.3. The minimum Gasteiger partial charge on any atom is -0.506 e. The Kier molecular flexibility index (Phi) is 5.65. The van der Waals surface area contributed by atoms with Crippen LogP contribution in [0.1, 0.15) is 17.2 Å². The van der Waals surface area contributed by atoms with Crippen molar-refractivity contribution in [3.63, 3.8) is 0 Å². The van der Waals surface area contributed by atoms with E-state index in [1.807, 2.05) is 42.5 Å². The topological polar surface area (TPSA) is 66.5 Å². The van der Waals surface area contributed by atoms with Crippen LogP contribution in [-0.4, -0.2) is 16.3 Å². The molecular formula is C15H15I2NO2. The van der Waals surface area contributed by atoms with Crippen LogP contribution < -0.4 is 5.73 Å². The largest absolute Gasteiger partial charge is 0.506 e. The van der Waals surface area contributed by atoms with Gasteiger partial charge in [0.25, 0.3) is 0 Å². The first-order valence-corrected chi connectivity index (χ1v) is 8.30. The molecule has 0 amide bonds. The van der Waals surface area contributed by atoms with Crippen molar-refractivity contribution in [1.82, 2.24) is 0 Å². The molecule has 2 aromatic rings. The highest BCUT2D eigenvalue weighted by atomic mass is 127. The van der Waals surface area contributed by atoms with Gasteiger partial charge in [-0.15, -0.1) is 0 Å². The molecule has 0 unspecified atom stereocenters. The third kappa shape index (κ3) is 3.84. The molecule has 0 fully saturated rings. The predicted molar refractivity (Wildman–Crippen MR) is 96.6 cm³/mol. The van der Waals surface area contributed by atoms with Crippen LogP contribution in [0.25, 0.3) is 0 Å². The average Bonchev–Trinajstić information content (AvgIpc) is 2.44. The van der Waals surface area contributed by atoms with Crippen molar-refractivity contribution in [2.75, 3.05) is 0 Å². The van der Waals surface area contributed by atoms with Crippen molar-refractivity contribution >= 4 is 45.2 Å². The molecule has 20 heavy (non-hydrogen) atoms. The molecule has 0 heterocycles. The number of aliphatic hydroxyl groups is 1. The normalized spacial score (nSPS) is 14.0. The first-order chi connectivity index (χ1) is 9.49. The lowest BCUT2D eigenvalue weighted by Gasteiger charge is -2.20. The molecule has 2 atom stereocenters. The summed E-state index contributed by atoms with van der Waals surface area (Å²) in [5.74, 6) is 0.264. The van der Waals surface area contributed by atoms with E-state index in [9.17, 15) is 10.2 Å². The van der Waals surface area contributed by atoms with Gasteiger partial charge in [0.2, 0.25) is 0 Å². The van der Waals surface area contributed by atoms with Crippen LogP contribution >= 0.6 is 45.2 Å². The molecule has 2 rings (SSSR count). The second kappa shape index (κ2) is 7.06. The third-order valence-corrected chi connectivity index (χ3v) is 4.77. The Morgan fingerprint density at radius 2 is 1.60 bits per heavy atom. The molecule has 106 valence electrons. The minimum atomic E-state index is -0.659. The third-order valence-electron chi connectivity index (χ3n) is 3.13. The van der Waals surface area contributed by atoms with Crippen molar-refractivity contribution in [1.29, 1.82) is 0 Å². The lowest BCUT2D eigenvalue weighted by atomic mass is 9.97. The van der Waals surface area contributed by atoms with E-state index in [0.717, 1.165) is 18.3 Å². The first-order valence-electron chi connectivity index (χ1n) is 6.14. The monoisotopic (exact) mass is 495 g/mol. The fourth-order valence-electron chi connectivity index (χ4n) is 1.98. The fraction of sp³-hybridized carbons (Fsp3) is 0.200. The zero-order valence-electron chi connectivity index (χ0n) is 10.6. The molecule has 0 aliphatic rings. The van der Waals surface area contributed by atoms with Crippen molar-refractivity contribution < 1.29 is 10.2 Å². The molecule has 5 heteroatoms. The van der Waals surface area contributed by atoms with Crippen LogP contribution in [-0.2, 0) is 6.42 Å². The molecule has 4 N–H and O–H groups in total. The van der Waals surface area contributed by atoms with Crippen LogP contribution in [0.2, 0.25) is 0 Å². The second-order valence-corrected chi connectivity index (χ2v) is 6.94. The fourth-order valence-corrected chi connectivity index (χ4v) is 3.80. The summed E-state index contributed by atoms with van der Waals surface area (Å²) in [5.41, 5.74) is 8.02. The lowest BCUT2D eigenvalue weighted by molar-refractivity contribution is 0.145. The van der Waals surface area contributed by atoms with E-state index >= 15 is 0 Å². The number of aliphatic hydroxyl groups excluding tert-OH is 1. The van der Waals surface area contributed by atoms with E-state index < -0.39 is 12.1 Å². The Balaban J connectivity index is 2.16. The zero-order chi connectivity index (χ0) is 14.7. The number of aromatic hydroxyl groups is 1. The number of rotatable bonds is 4. The Bertz CT molecular complexity index is 567. The molecule has 3 nitrogen and oxygen atoms in total. The van der Waals surface area contributed by atoms with Gasteiger partial charge in [-0.05, 0) is 68.4 Å². The summed E-state index contributed by atoms with van der Waals surface area (Å²) in [6.07, 6.45) is -0.149. The molecule has 2 aromatic carbocycles. The molecule has 0 bridgehead atoms. The van der Waals surface area contributed by atoms with Crippen molar-refractivity contribution in [2.45, 2.75) is 18.6 Å². The number of halogens is 2. The quantitative estimate of drug-likeness (QED) is 0.572. The summed E-state index contributed by atoms with van der Waals surface area (Å²) in [4.78, 5) is 0. The zero-order valence-corrected chi connectivity index (χ0v) is 14.9. The Labute approximate surface area is 145 Å². The molecule has 0 aliphatic carbocycles. The van der Waals surface area contributed by atoms with Gasteiger partial charge in [-0.25, -0.2) is 0 Å². The molecule has 0 aliphatic heterocycles. The van der Waals surface area contributed by atoms with E-state index in [1.165, 1.54) is 0 Å². The van der Waals surface area contributed by atoms with Gasteiger partial charge in [-0.3, -0.25) is 0 Å². The summed E-state index contributed by atoms with van der Waals surface area (Å²) < 4.78 is 1.48. The number of phenols is 1. The van der Waals surface area contributed by atoms with Gasteiger partial charge in [0.1, 0.15) is 5.75 Å². The van der Waals surface area contributed by atoms with Crippen LogP contribution in [0.15, 0.2) is 42.5 Å².